The number of ether oxygens (including phenoxy) is 1. The molecule has 0 bridgehead atoms. The SMILES string of the molecule is CN(Cc1cccc(C2NNNN2)c1)C(=O)C1CCOc2ccccc2C1. The fourth-order valence-corrected chi connectivity index (χ4v) is 3.66. The van der Waals surface area contributed by atoms with E-state index < -0.39 is 0 Å². The van der Waals surface area contributed by atoms with Crippen LogP contribution in [0.2, 0.25) is 0 Å². The first-order valence-electron chi connectivity index (χ1n) is 9.26. The monoisotopic (exact) mass is 367 g/mol. The number of hydrogen-bond donors (Lipinski definition) is 4. The van der Waals surface area contributed by atoms with Crippen molar-refractivity contribution in [2.45, 2.75) is 25.6 Å². The number of hydrogen-bond acceptors (Lipinski definition) is 6. The van der Waals surface area contributed by atoms with Crippen molar-refractivity contribution in [3.63, 3.8) is 0 Å². The van der Waals surface area contributed by atoms with Crippen LogP contribution in [0.4, 0.5) is 0 Å². The highest BCUT2D eigenvalue weighted by molar-refractivity contribution is 5.79. The highest BCUT2D eigenvalue weighted by atomic mass is 16.5. The molecule has 7 heteroatoms. The summed E-state index contributed by atoms with van der Waals surface area (Å²) in [6, 6.07) is 16.2. The molecule has 2 aromatic carbocycles. The van der Waals surface area contributed by atoms with Crippen LogP contribution in [0, 0.1) is 5.92 Å². The van der Waals surface area contributed by atoms with Crippen LogP contribution in [0.5, 0.6) is 5.75 Å². The molecule has 1 saturated heterocycles. The van der Waals surface area contributed by atoms with Crippen molar-refractivity contribution in [1.29, 1.82) is 0 Å². The number of fused-ring (bicyclic) bond motifs is 1. The van der Waals surface area contributed by atoms with E-state index in [1.165, 1.54) is 0 Å². The van der Waals surface area contributed by atoms with E-state index in [9.17, 15) is 4.79 Å². The summed E-state index contributed by atoms with van der Waals surface area (Å²) in [7, 11) is 1.88. The molecule has 0 spiro atoms. The molecule has 1 fully saturated rings. The van der Waals surface area contributed by atoms with Crippen molar-refractivity contribution >= 4 is 5.91 Å². The topological polar surface area (TPSA) is 77.7 Å². The van der Waals surface area contributed by atoms with Gasteiger partial charge in [-0.1, -0.05) is 42.5 Å². The van der Waals surface area contributed by atoms with Gasteiger partial charge < -0.3 is 9.64 Å². The van der Waals surface area contributed by atoms with Crippen LogP contribution >= 0.6 is 0 Å². The molecular weight excluding hydrogens is 342 g/mol. The molecule has 4 rings (SSSR count). The highest BCUT2D eigenvalue weighted by Crippen LogP contribution is 2.27. The Bertz CT molecular complexity index is 806. The average Bonchev–Trinajstić information content (AvgIpc) is 3.14. The Morgan fingerprint density at radius 2 is 1.96 bits per heavy atom. The van der Waals surface area contributed by atoms with Crippen LogP contribution in [0.1, 0.15) is 29.3 Å². The van der Waals surface area contributed by atoms with Crippen molar-refractivity contribution in [3.05, 3.63) is 65.2 Å². The molecule has 0 aliphatic carbocycles. The molecule has 2 aliphatic rings. The molecule has 7 nitrogen and oxygen atoms in total. The van der Waals surface area contributed by atoms with Crippen LogP contribution in [-0.2, 0) is 17.8 Å². The lowest BCUT2D eigenvalue weighted by atomic mass is 9.95. The molecule has 1 atom stereocenters. The molecule has 0 radical (unpaired) electrons. The lowest BCUT2D eigenvalue weighted by Gasteiger charge is -2.23. The normalized spacial score (nSPS) is 19.8. The number of carbonyl (C=O) groups excluding carboxylic acids is 1. The summed E-state index contributed by atoms with van der Waals surface area (Å²) in [5.74, 6) is 1.02. The van der Waals surface area contributed by atoms with Crippen LogP contribution in [0.15, 0.2) is 48.5 Å². The third-order valence-corrected chi connectivity index (χ3v) is 5.09. The summed E-state index contributed by atoms with van der Waals surface area (Å²) in [6.07, 6.45) is 1.46. The van der Waals surface area contributed by atoms with E-state index in [1.807, 2.05) is 48.3 Å². The number of nitrogens with one attached hydrogen (secondary N) is 4. The molecule has 2 aliphatic heterocycles. The minimum Gasteiger partial charge on any atom is -0.493 e. The van der Waals surface area contributed by atoms with Crippen molar-refractivity contribution < 1.29 is 9.53 Å². The third-order valence-electron chi connectivity index (χ3n) is 5.09. The lowest BCUT2D eigenvalue weighted by Crippen LogP contribution is -2.34. The van der Waals surface area contributed by atoms with E-state index in [4.69, 9.17) is 4.74 Å². The Labute approximate surface area is 159 Å². The summed E-state index contributed by atoms with van der Waals surface area (Å²) in [5.41, 5.74) is 15.1. The van der Waals surface area contributed by atoms with Gasteiger partial charge in [-0.15, -0.1) is 0 Å². The number of hydrazine groups is 3. The van der Waals surface area contributed by atoms with E-state index in [0.29, 0.717) is 13.2 Å². The smallest absolute Gasteiger partial charge is 0.226 e. The number of amides is 1. The van der Waals surface area contributed by atoms with Gasteiger partial charge in [0.05, 0.1) is 6.61 Å². The summed E-state index contributed by atoms with van der Waals surface area (Å²) < 4.78 is 5.80. The summed E-state index contributed by atoms with van der Waals surface area (Å²) in [5, 5.41) is 0. The predicted octanol–water partition coefficient (Wildman–Crippen LogP) is 1.40. The van der Waals surface area contributed by atoms with Crippen molar-refractivity contribution in [1.82, 2.24) is 26.8 Å². The first-order chi connectivity index (χ1) is 13.2. The zero-order valence-electron chi connectivity index (χ0n) is 15.4. The molecule has 2 heterocycles. The van der Waals surface area contributed by atoms with Gasteiger partial charge in [-0.05, 0) is 35.6 Å². The second kappa shape index (κ2) is 8.06. The minimum atomic E-state index is -0.0478. The summed E-state index contributed by atoms with van der Waals surface area (Å²) >= 11 is 0. The van der Waals surface area contributed by atoms with E-state index in [0.717, 1.165) is 35.3 Å². The maximum Gasteiger partial charge on any atom is 0.226 e. The molecule has 2 aromatic rings. The van der Waals surface area contributed by atoms with Gasteiger partial charge in [0, 0.05) is 19.5 Å². The Hall–Kier alpha value is -2.45. The van der Waals surface area contributed by atoms with E-state index >= 15 is 0 Å². The van der Waals surface area contributed by atoms with Crippen molar-refractivity contribution in [2.24, 2.45) is 5.92 Å². The van der Waals surface area contributed by atoms with Gasteiger partial charge in [0.25, 0.3) is 0 Å². The second-order valence-electron chi connectivity index (χ2n) is 7.06. The maximum atomic E-state index is 13.0. The van der Waals surface area contributed by atoms with Crippen LogP contribution in [-0.4, -0.2) is 24.5 Å². The van der Waals surface area contributed by atoms with Crippen molar-refractivity contribution in [3.8, 4) is 5.75 Å². The molecular formula is C20H25N5O2. The standard InChI is InChI=1S/C20H25N5O2/c1-25(13-14-5-4-7-16(11-14)19-21-23-24-22-19)20(26)17-9-10-27-18-8-3-2-6-15(18)12-17/h2-8,11,17,19,21-24H,9-10,12-13H2,1H3. The van der Waals surface area contributed by atoms with Crippen LogP contribution < -0.4 is 26.7 Å². The quantitative estimate of drug-likeness (QED) is 0.655. The first-order valence-corrected chi connectivity index (χ1v) is 9.26. The highest BCUT2D eigenvalue weighted by Gasteiger charge is 2.26. The molecule has 4 N–H and O–H groups in total. The van der Waals surface area contributed by atoms with Gasteiger partial charge in [0.1, 0.15) is 11.9 Å². The van der Waals surface area contributed by atoms with E-state index in [-0.39, 0.29) is 18.0 Å². The zero-order valence-corrected chi connectivity index (χ0v) is 15.4. The third kappa shape index (κ3) is 4.12. The number of para-hydroxylation sites is 1. The van der Waals surface area contributed by atoms with E-state index in [1.54, 1.807) is 0 Å². The van der Waals surface area contributed by atoms with Gasteiger partial charge in [-0.25, -0.2) is 10.9 Å². The van der Waals surface area contributed by atoms with Gasteiger partial charge in [-0.3, -0.25) is 4.79 Å². The van der Waals surface area contributed by atoms with Crippen molar-refractivity contribution in [2.75, 3.05) is 13.7 Å². The second-order valence-corrected chi connectivity index (χ2v) is 7.06. The molecule has 142 valence electrons. The average molecular weight is 367 g/mol. The Morgan fingerprint density at radius 3 is 2.81 bits per heavy atom. The Balaban J connectivity index is 1.43. The largest absolute Gasteiger partial charge is 0.493 e. The Kier molecular flexibility index (Phi) is 5.35. The van der Waals surface area contributed by atoms with Gasteiger partial charge in [-0.2, -0.15) is 11.1 Å². The van der Waals surface area contributed by atoms with Crippen LogP contribution in [0.25, 0.3) is 0 Å². The molecule has 1 amide bonds. The van der Waals surface area contributed by atoms with E-state index in [2.05, 4.69) is 34.1 Å². The molecule has 0 aromatic heterocycles. The number of carbonyl (C=O) groups is 1. The van der Waals surface area contributed by atoms with Gasteiger partial charge in [0.15, 0.2) is 0 Å². The Morgan fingerprint density at radius 1 is 1.15 bits per heavy atom. The summed E-state index contributed by atoms with van der Waals surface area (Å²) in [6.45, 7) is 1.16. The number of benzene rings is 2. The molecule has 1 unspecified atom stereocenters. The first kappa shape index (κ1) is 17.9. The minimum absolute atomic E-state index is 0.0125. The maximum absolute atomic E-state index is 13.0. The molecule has 27 heavy (non-hydrogen) atoms. The fourth-order valence-electron chi connectivity index (χ4n) is 3.66. The predicted molar refractivity (Wildman–Crippen MR) is 102 cm³/mol. The fraction of sp³-hybridized carbons (Fsp3) is 0.350. The van der Waals surface area contributed by atoms with Gasteiger partial charge in [0.2, 0.25) is 5.91 Å². The molecule has 0 saturated carbocycles. The lowest BCUT2D eigenvalue weighted by molar-refractivity contribution is -0.135. The number of nitrogens with zero attached hydrogens (tertiary/aromatic N) is 1. The van der Waals surface area contributed by atoms with Crippen LogP contribution in [0.3, 0.4) is 0 Å². The van der Waals surface area contributed by atoms with Gasteiger partial charge >= 0.3 is 0 Å². The summed E-state index contributed by atoms with van der Waals surface area (Å²) in [4.78, 5) is 14.9. The zero-order chi connectivity index (χ0) is 18.6. The number of rotatable bonds is 4.